The second-order valence-corrected chi connectivity index (χ2v) is 24.1. The molecule has 0 saturated carbocycles. The van der Waals surface area contributed by atoms with Crippen molar-refractivity contribution in [3.63, 3.8) is 0 Å². The van der Waals surface area contributed by atoms with Crippen molar-refractivity contribution in [1.29, 1.82) is 0 Å². The lowest BCUT2D eigenvalue weighted by Gasteiger charge is -2.25. The zero-order chi connectivity index (χ0) is 61.9. The summed E-state index contributed by atoms with van der Waals surface area (Å²) in [6.07, 6.45) is 90.3. The number of likely N-dealkylation sites (N-methyl/N-ethyl adjacent to an activating group) is 1. The number of rotatable bonds is 63. The molecule has 0 saturated heterocycles. The number of ether oxygens (including phenoxy) is 4. The minimum absolute atomic E-state index is 0.182. The Hall–Kier alpha value is -4.31. The van der Waals surface area contributed by atoms with Crippen LogP contribution in [0, 0.1) is 0 Å². The number of carbonyl (C=O) groups is 3. The van der Waals surface area contributed by atoms with Crippen LogP contribution in [0.5, 0.6) is 0 Å². The third kappa shape index (κ3) is 67.1. The van der Waals surface area contributed by atoms with Crippen LogP contribution in [0.25, 0.3) is 0 Å². The molecule has 0 aliphatic carbocycles. The summed E-state index contributed by atoms with van der Waals surface area (Å²) in [5, 5.41) is 9.74. The van der Waals surface area contributed by atoms with E-state index in [9.17, 15) is 19.5 Å². The fourth-order valence-corrected chi connectivity index (χ4v) is 9.48. The highest BCUT2D eigenvalue weighted by molar-refractivity contribution is 5.71. The first-order valence-electron chi connectivity index (χ1n) is 34.7. The number of allylic oxidation sites excluding steroid dienone is 20. The van der Waals surface area contributed by atoms with Gasteiger partial charge in [-0.15, -0.1) is 0 Å². The maximum atomic E-state index is 12.9. The highest BCUT2D eigenvalue weighted by Crippen LogP contribution is 2.17. The minimum atomic E-state index is -1.52. The first-order valence-corrected chi connectivity index (χ1v) is 34.7. The van der Waals surface area contributed by atoms with E-state index in [4.69, 9.17) is 18.9 Å². The molecule has 0 aromatic rings. The van der Waals surface area contributed by atoms with E-state index >= 15 is 0 Å². The predicted octanol–water partition coefficient (Wildman–Crippen LogP) is 21.6. The highest BCUT2D eigenvalue weighted by Gasteiger charge is 2.25. The van der Waals surface area contributed by atoms with Crippen molar-refractivity contribution in [3.8, 4) is 0 Å². The summed E-state index contributed by atoms with van der Waals surface area (Å²) < 4.78 is 23.0. The number of hydrogen-bond donors (Lipinski definition) is 1. The van der Waals surface area contributed by atoms with E-state index < -0.39 is 24.3 Å². The number of carboxylic acids is 1. The van der Waals surface area contributed by atoms with Gasteiger partial charge in [0.25, 0.3) is 6.29 Å². The maximum absolute atomic E-state index is 12.9. The van der Waals surface area contributed by atoms with E-state index in [0.29, 0.717) is 11.0 Å². The summed E-state index contributed by atoms with van der Waals surface area (Å²) in [6, 6.07) is 0. The molecule has 2 unspecified atom stereocenters. The van der Waals surface area contributed by atoms with Gasteiger partial charge in [0.2, 0.25) is 0 Å². The van der Waals surface area contributed by atoms with Crippen LogP contribution in [0.4, 0.5) is 0 Å². The second kappa shape index (κ2) is 65.7. The van der Waals surface area contributed by atoms with Crippen LogP contribution in [0.1, 0.15) is 284 Å². The molecule has 0 bridgehead atoms. The Balaban J connectivity index is 4.09. The van der Waals surface area contributed by atoms with Gasteiger partial charge in [-0.25, -0.2) is 4.79 Å². The SMILES string of the molecule is CC/C=C\C/C=C\C/C=C\C/C=C\C/C=C\CCCCCCCCCCCCCCCCCCCCCCCC(=O)OC(COC(=O)CCCCCCCCC/C=C\C/C=C\C/C=C\C/C=C\C/C=C\CC)COC(OCC[N+](C)(C)C)C(=O)O. The van der Waals surface area contributed by atoms with Gasteiger partial charge in [-0.3, -0.25) is 9.59 Å². The van der Waals surface area contributed by atoms with Crippen LogP contribution in [-0.2, 0) is 33.3 Å². The van der Waals surface area contributed by atoms with Crippen LogP contribution in [0.2, 0.25) is 0 Å². The molecule has 0 aromatic heterocycles. The number of quaternary nitrogens is 1. The molecule has 0 spiro atoms. The lowest BCUT2D eigenvalue weighted by Crippen LogP contribution is -2.40. The summed E-state index contributed by atoms with van der Waals surface area (Å²) in [4.78, 5) is 37.6. The summed E-state index contributed by atoms with van der Waals surface area (Å²) >= 11 is 0. The van der Waals surface area contributed by atoms with Gasteiger partial charge >= 0.3 is 17.9 Å². The molecule has 2 atom stereocenters. The van der Waals surface area contributed by atoms with Crippen molar-refractivity contribution in [2.75, 3.05) is 47.5 Å². The molecule has 0 aliphatic heterocycles. The van der Waals surface area contributed by atoms with Crippen molar-refractivity contribution < 1.29 is 42.9 Å². The Morgan fingerprint density at radius 2 is 0.635 bits per heavy atom. The second-order valence-electron chi connectivity index (χ2n) is 24.1. The fourth-order valence-electron chi connectivity index (χ4n) is 9.48. The van der Waals surface area contributed by atoms with Gasteiger partial charge < -0.3 is 28.5 Å². The Morgan fingerprint density at radius 1 is 0.353 bits per heavy atom. The molecule has 9 nitrogen and oxygen atoms in total. The minimum Gasteiger partial charge on any atom is -0.477 e. The standard InChI is InChI=1S/C76H129NO8/c1-6-8-10-12-14-16-18-20-22-24-26-28-30-31-32-33-34-35-36-37-38-39-40-41-42-43-45-47-49-51-53-55-57-59-61-63-65-67-74(79)85-72(71-84-76(75(80)81)82-69-68-77(3,4)5)70-83-73(78)66-64-62-60-58-56-54-52-50-48-46-44-29-27-25-23-21-19-17-15-13-11-9-7-2/h8-11,14-17,20-23,26-29,31-32,46,48,72,76H,6-7,12-13,18-19,24-25,30,33-45,47,49-71H2,1-5H3/p+1/b10-8-,11-9-,16-14-,17-15-,22-20-,23-21-,28-26-,29-27-,32-31-,48-46-. The van der Waals surface area contributed by atoms with Gasteiger partial charge in [-0.05, 0) is 103 Å². The maximum Gasteiger partial charge on any atom is 0.361 e. The first kappa shape index (κ1) is 80.7. The van der Waals surface area contributed by atoms with Crippen LogP contribution >= 0.6 is 0 Å². The first-order chi connectivity index (χ1) is 41.6. The number of hydrogen-bond acceptors (Lipinski definition) is 7. The molecule has 85 heavy (non-hydrogen) atoms. The summed E-state index contributed by atoms with van der Waals surface area (Å²) in [7, 11) is 5.97. The van der Waals surface area contributed by atoms with Gasteiger partial charge in [0, 0.05) is 12.8 Å². The predicted molar refractivity (Wildman–Crippen MR) is 364 cm³/mol. The Labute approximate surface area is 523 Å². The molecule has 9 heteroatoms. The van der Waals surface area contributed by atoms with Gasteiger partial charge in [-0.2, -0.15) is 0 Å². The third-order valence-corrected chi connectivity index (χ3v) is 14.7. The van der Waals surface area contributed by atoms with Crippen molar-refractivity contribution in [3.05, 3.63) is 122 Å². The smallest absolute Gasteiger partial charge is 0.361 e. The van der Waals surface area contributed by atoms with Crippen molar-refractivity contribution in [2.45, 2.75) is 296 Å². The third-order valence-electron chi connectivity index (χ3n) is 14.7. The molecule has 0 radical (unpaired) electrons. The van der Waals surface area contributed by atoms with E-state index in [1.165, 1.54) is 141 Å². The summed E-state index contributed by atoms with van der Waals surface area (Å²) in [6.45, 7) is 4.65. The molecular formula is C76H130NO8+. The van der Waals surface area contributed by atoms with Crippen LogP contribution in [-0.4, -0.2) is 87.4 Å². The number of unbranched alkanes of at least 4 members (excludes halogenated alkanes) is 28. The Kier molecular flexibility index (Phi) is 62.3. The lowest BCUT2D eigenvalue weighted by atomic mass is 10.0. The number of nitrogens with zero attached hydrogens (tertiary/aromatic N) is 1. The van der Waals surface area contributed by atoms with Gasteiger partial charge in [-0.1, -0.05) is 289 Å². The molecule has 1 N–H and O–H groups in total. The highest BCUT2D eigenvalue weighted by atomic mass is 16.7. The molecule has 0 rings (SSSR count). The van der Waals surface area contributed by atoms with E-state index in [2.05, 4.69) is 135 Å². The molecular weight excluding hydrogens is 1050 g/mol. The van der Waals surface area contributed by atoms with Gasteiger partial charge in [0.15, 0.2) is 6.10 Å². The van der Waals surface area contributed by atoms with Crippen LogP contribution < -0.4 is 0 Å². The molecule has 0 heterocycles. The van der Waals surface area contributed by atoms with Gasteiger partial charge in [0.1, 0.15) is 13.2 Å². The average Bonchev–Trinajstić information content (AvgIpc) is 3.48. The van der Waals surface area contributed by atoms with E-state index in [1.54, 1.807) is 0 Å². The summed E-state index contributed by atoms with van der Waals surface area (Å²) in [5.74, 6) is -2.02. The molecule has 486 valence electrons. The van der Waals surface area contributed by atoms with E-state index in [0.717, 1.165) is 116 Å². The van der Waals surface area contributed by atoms with Crippen molar-refractivity contribution in [1.82, 2.24) is 0 Å². The Morgan fingerprint density at radius 3 is 0.941 bits per heavy atom. The van der Waals surface area contributed by atoms with E-state index in [1.807, 2.05) is 21.1 Å². The van der Waals surface area contributed by atoms with Gasteiger partial charge in [0.05, 0.1) is 34.4 Å². The zero-order valence-corrected chi connectivity index (χ0v) is 55.5. The monoisotopic (exact) mass is 1180 g/mol. The van der Waals surface area contributed by atoms with E-state index in [-0.39, 0.29) is 38.6 Å². The van der Waals surface area contributed by atoms with Crippen LogP contribution in [0.15, 0.2) is 122 Å². The van der Waals surface area contributed by atoms with Crippen molar-refractivity contribution in [2.24, 2.45) is 0 Å². The van der Waals surface area contributed by atoms with Crippen molar-refractivity contribution >= 4 is 17.9 Å². The average molecular weight is 1190 g/mol. The Bertz CT molecular complexity index is 1810. The number of carboxylic acid groups (broad SMARTS) is 1. The largest absolute Gasteiger partial charge is 0.477 e. The topological polar surface area (TPSA) is 108 Å². The summed E-state index contributed by atoms with van der Waals surface area (Å²) in [5.41, 5.74) is 0. The molecule has 0 amide bonds. The molecule has 0 aliphatic rings. The quantitative estimate of drug-likeness (QED) is 0.0211. The normalized spacial score (nSPS) is 13.5. The number of esters is 2. The van der Waals surface area contributed by atoms with Crippen LogP contribution in [0.3, 0.4) is 0 Å². The fraction of sp³-hybridized carbons (Fsp3) is 0.697. The lowest BCUT2D eigenvalue weighted by molar-refractivity contribution is -0.870. The molecule has 0 fully saturated rings. The zero-order valence-electron chi connectivity index (χ0n) is 55.5. The number of aliphatic carboxylic acids is 1. The molecule has 0 aromatic carbocycles. The number of carbonyl (C=O) groups excluding carboxylic acids is 2.